The predicted molar refractivity (Wildman–Crippen MR) is 80.1 cm³/mol. The number of hydrogen-bond donors (Lipinski definition) is 2. The van der Waals surface area contributed by atoms with E-state index >= 15 is 0 Å². The van der Waals surface area contributed by atoms with Crippen molar-refractivity contribution >= 4 is 22.6 Å². The summed E-state index contributed by atoms with van der Waals surface area (Å²) in [5.74, 6) is -0.671. The van der Waals surface area contributed by atoms with Crippen LogP contribution >= 0.6 is 0 Å². The lowest BCUT2D eigenvalue weighted by Crippen LogP contribution is -2.25. The van der Waals surface area contributed by atoms with Gasteiger partial charge in [0.25, 0.3) is 5.56 Å². The molecule has 1 aromatic heterocycles. The second-order valence-corrected chi connectivity index (χ2v) is 4.63. The smallest absolute Gasteiger partial charge is 0.306 e. The standard InChI is InChI=1S/C15H17N3O4/c1-2-22-14(20)8-7-13(19)16-9-12-10-5-3-4-6-11(10)15(21)18-17-12/h3-6H,2,7-9H2,1H3,(H,16,19)(H,18,21). The Morgan fingerprint density at radius 1 is 1.23 bits per heavy atom. The Balaban J connectivity index is 1.97. The lowest BCUT2D eigenvalue weighted by atomic mass is 10.1. The zero-order valence-electron chi connectivity index (χ0n) is 12.2. The summed E-state index contributed by atoms with van der Waals surface area (Å²) in [5.41, 5.74) is 0.299. The quantitative estimate of drug-likeness (QED) is 0.772. The first-order chi connectivity index (χ1) is 10.6. The molecule has 0 aliphatic carbocycles. The highest BCUT2D eigenvalue weighted by Crippen LogP contribution is 2.11. The predicted octanol–water partition coefficient (Wildman–Crippen LogP) is 0.883. The van der Waals surface area contributed by atoms with Gasteiger partial charge in [-0.1, -0.05) is 18.2 Å². The molecule has 0 unspecified atom stereocenters. The van der Waals surface area contributed by atoms with E-state index in [1.54, 1.807) is 31.2 Å². The number of amides is 1. The number of nitrogens with zero attached hydrogens (tertiary/aromatic N) is 1. The summed E-state index contributed by atoms with van der Waals surface area (Å²) in [6.07, 6.45) is 0.0968. The van der Waals surface area contributed by atoms with Crippen molar-refractivity contribution in [3.63, 3.8) is 0 Å². The molecule has 0 atom stereocenters. The van der Waals surface area contributed by atoms with E-state index in [4.69, 9.17) is 4.74 Å². The first kappa shape index (κ1) is 15.7. The van der Waals surface area contributed by atoms with E-state index in [2.05, 4.69) is 15.5 Å². The van der Waals surface area contributed by atoms with Gasteiger partial charge in [-0.25, -0.2) is 5.10 Å². The molecule has 0 saturated heterocycles. The van der Waals surface area contributed by atoms with Crippen molar-refractivity contribution < 1.29 is 14.3 Å². The minimum absolute atomic E-state index is 0.0411. The van der Waals surface area contributed by atoms with Gasteiger partial charge in [0.15, 0.2) is 0 Å². The highest BCUT2D eigenvalue weighted by Gasteiger charge is 2.10. The maximum absolute atomic E-state index is 11.7. The fourth-order valence-electron chi connectivity index (χ4n) is 2.03. The number of nitrogens with one attached hydrogen (secondary N) is 2. The molecular formula is C15H17N3O4. The van der Waals surface area contributed by atoms with Gasteiger partial charge in [0.05, 0.1) is 30.7 Å². The van der Waals surface area contributed by atoms with E-state index in [1.165, 1.54) is 0 Å². The third-order valence-corrected chi connectivity index (χ3v) is 3.09. The molecule has 0 aliphatic rings. The van der Waals surface area contributed by atoms with E-state index < -0.39 is 5.97 Å². The Morgan fingerprint density at radius 2 is 1.95 bits per heavy atom. The van der Waals surface area contributed by atoms with Crippen LogP contribution in [0, 0.1) is 0 Å². The Labute approximate surface area is 126 Å². The second-order valence-electron chi connectivity index (χ2n) is 4.63. The van der Waals surface area contributed by atoms with Crippen molar-refractivity contribution in [1.82, 2.24) is 15.5 Å². The zero-order chi connectivity index (χ0) is 15.9. The summed E-state index contributed by atoms with van der Waals surface area (Å²) in [4.78, 5) is 34.5. The summed E-state index contributed by atoms with van der Waals surface area (Å²) in [6.45, 7) is 2.19. The summed E-state index contributed by atoms with van der Waals surface area (Å²) >= 11 is 0. The monoisotopic (exact) mass is 303 g/mol. The van der Waals surface area contributed by atoms with Crippen LogP contribution in [0.3, 0.4) is 0 Å². The third kappa shape index (κ3) is 3.91. The number of H-pyrrole nitrogens is 1. The van der Waals surface area contributed by atoms with Gasteiger partial charge in [0.1, 0.15) is 0 Å². The van der Waals surface area contributed by atoms with E-state index in [-0.39, 0.29) is 30.9 Å². The number of aromatic nitrogens is 2. The van der Waals surface area contributed by atoms with Crippen LogP contribution in [0.4, 0.5) is 0 Å². The van der Waals surface area contributed by atoms with Crippen molar-refractivity contribution in [3.05, 3.63) is 40.3 Å². The first-order valence-corrected chi connectivity index (χ1v) is 7.00. The molecular weight excluding hydrogens is 286 g/mol. The number of carbonyl (C=O) groups is 2. The number of benzene rings is 1. The van der Waals surface area contributed by atoms with Crippen molar-refractivity contribution in [3.8, 4) is 0 Å². The van der Waals surface area contributed by atoms with Gasteiger partial charge in [-0.05, 0) is 13.0 Å². The number of carbonyl (C=O) groups excluding carboxylic acids is 2. The molecule has 0 saturated carbocycles. The Morgan fingerprint density at radius 3 is 2.68 bits per heavy atom. The number of fused-ring (bicyclic) bond motifs is 1. The van der Waals surface area contributed by atoms with Gasteiger partial charge in [-0.3, -0.25) is 14.4 Å². The molecule has 1 amide bonds. The highest BCUT2D eigenvalue weighted by molar-refractivity contribution is 5.84. The summed E-state index contributed by atoms with van der Waals surface area (Å²) < 4.78 is 4.75. The van der Waals surface area contributed by atoms with Crippen LogP contribution in [-0.4, -0.2) is 28.7 Å². The highest BCUT2D eigenvalue weighted by atomic mass is 16.5. The number of rotatable bonds is 6. The molecule has 7 heteroatoms. The SMILES string of the molecule is CCOC(=O)CCC(=O)NCc1n[nH]c(=O)c2ccccc12. The van der Waals surface area contributed by atoms with Gasteiger partial charge in [0, 0.05) is 11.8 Å². The van der Waals surface area contributed by atoms with Crippen LogP contribution in [0.5, 0.6) is 0 Å². The molecule has 22 heavy (non-hydrogen) atoms. The van der Waals surface area contributed by atoms with Crippen LogP contribution in [0.25, 0.3) is 10.8 Å². The summed E-state index contributed by atoms with van der Waals surface area (Å²) in [6, 6.07) is 7.04. The molecule has 0 aliphatic heterocycles. The number of aromatic amines is 1. The second kappa shape index (κ2) is 7.35. The largest absolute Gasteiger partial charge is 0.466 e. The molecule has 1 aromatic carbocycles. The molecule has 0 fully saturated rings. The van der Waals surface area contributed by atoms with Gasteiger partial charge in [-0.15, -0.1) is 0 Å². The van der Waals surface area contributed by atoms with E-state index in [9.17, 15) is 14.4 Å². The molecule has 2 N–H and O–H groups in total. The molecule has 7 nitrogen and oxygen atoms in total. The van der Waals surface area contributed by atoms with Crippen molar-refractivity contribution in [2.45, 2.75) is 26.3 Å². The van der Waals surface area contributed by atoms with Crippen molar-refractivity contribution in [2.24, 2.45) is 0 Å². The van der Waals surface area contributed by atoms with Crippen LogP contribution < -0.4 is 10.9 Å². The Bertz CT molecular complexity index is 739. The zero-order valence-corrected chi connectivity index (χ0v) is 12.2. The van der Waals surface area contributed by atoms with E-state index in [1.807, 2.05) is 0 Å². The minimum atomic E-state index is -0.398. The van der Waals surface area contributed by atoms with Crippen LogP contribution in [0.1, 0.15) is 25.5 Å². The summed E-state index contributed by atoms with van der Waals surface area (Å²) in [7, 11) is 0. The maximum atomic E-state index is 11.7. The van der Waals surface area contributed by atoms with Crippen LogP contribution in [0.2, 0.25) is 0 Å². The van der Waals surface area contributed by atoms with E-state index in [0.717, 1.165) is 0 Å². The fourth-order valence-corrected chi connectivity index (χ4v) is 2.03. The van der Waals surface area contributed by atoms with Gasteiger partial charge >= 0.3 is 5.97 Å². The molecule has 2 rings (SSSR count). The number of ether oxygens (including phenoxy) is 1. The van der Waals surface area contributed by atoms with Gasteiger partial charge < -0.3 is 10.1 Å². The average Bonchev–Trinajstić information content (AvgIpc) is 2.53. The molecule has 0 radical (unpaired) electrons. The summed E-state index contributed by atoms with van der Waals surface area (Å²) in [5, 5.41) is 10.3. The van der Waals surface area contributed by atoms with Crippen molar-refractivity contribution in [1.29, 1.82) is 0 Å². The topological polar surface area (TPSA) is 101 Å². The lowest BCUT2D eigenvalue weighted by Gasteiger charge is -2.07. The molecule has 116 valence electrons. The lowest BCUT2D eigenvalue weighted by molar-refractivity contribution is -0.144. The Kier molecular flexibility index (Phi) is 5.24. The normalized spacial score (nSPS) is 10.4. The number of hydrogen-bond acceptors (Lipinski definition) is 5. The van der Waals surface area contributed by atoms with Gasteiger partial charge in [0.2, 0.25) is 5.91 Å². The van der Waals surface area contributed by atoms with Crippen molar-refractivity contribution in [2.75, 3.05) is 6.61 Å². The third-order valence-electron chi connectivity index (χ3n) is 3.09. The molecule has 2 aromatic rings. The fraction of sp³-hybridized carbons (Fsp3) is 0.333. The Hall–Kier alpha value is -2.70. The van der Waals surface area contributed by atoms with Crippen LogP contribution in [-0.2, 0) is 20.9 Å². The average molecular weight is 303 g/mol. The van der Waals surface area contributed by atoms with Gasteiger partial charge in [-0.2, -0.15) is 5.10 Å². The maximum Gasteiger partial charge on any atom is 0.306 e. The first-order valence-electron chi connectivity index (χ1n) is 7.00. The molecule has 0 bridgehead atoms. The molecule has 1 heterocycles. The van der Waals surface area contributed by atoms with E-state index in [0.29, 0.717) is 23.1 Å². The minimum Gasteiger partial charge on any atom is -0.466 e. The molecule has 0 spiro atoms. The van der Waals surface area contributed by atoms with Crippen LogP contribution in [0.15, 0.2) is 29.1 Å². The number of esters is 1.